The molecule has 10 heteroatoms. The molecule has 0 aromatic heterocycles. The Labute approximate surface area is 284 Å². The molecule has 1 saturated heterocycles. The summed E-state index contributed by atoms with van der Waals surface area (Å²) in [6.07, 6.45) is 1.03. The number of aliphatic hydroxyl groups is 1. The van der Waals surface area contributed by atoms with Gasteiger partial charge in [-0.15, -0.1) is 0 Å². The molecule has 7 nitrogen and oxygen atoms in total. The van der Waals surface area contributed by atoms with Crippen LogP contribution in [0.3, 0.4) is 0 Å². The maximum Gasteiger partial charge on any atom is 0.356 e. The van der Waals surface area contributed by atoms with Crippen molar-refractivity contribution >= 4 is 35.9 Å². The number of anilines is 1. The minimum atomic E-state index is -4.37. The zero-order valence-corrected chi connectivity index (χ0v) is 27.9. The number of likely N-dealkylation sites (N-methyl/N-ethyl adjacent to an activating group) is 1. The van der Waals surface area contributed by atoms with Gasteiger partial charge >= 0.3 is 7.60 Å². The summed E-state index contributed by atoms with van der Waals surface area (Å²) in [5, 5.41) is 22.9. The smallest absolute Gasteiger partial charge is 0.356 e. The molecule has 6 rings (SSSR count). The fourth-order valence-corrected chi connectivity index (χ4v) is 7.31. The molecule has 0 spiro atoms. The Hall–Kier alpha value is -4.37. The molecular formula is C38H36FN2O5PS. The normalized spacial score (nSPS) is 17.1. The standard InChI is InChI=1S/C38H36FN2O5PS/c1-40-34(8-5-9-35(42)28-10-17-30(39)18-11-28)37(41(38(40)48)31-19-12-26(13-20-31)25-6-3-2-4-7-25)33-23-16-29(24-36(33)43)27-14-21-32(22-15-27)47(44,45)46/h2-4,6-7,10-24,34-35,37,42-43H,5,8-9H2,1H3,(H2,44,45,46). The maximum absolute atomic E-state index is 13.4. The number of thiocarbonyl (C=S) groups is 1. The lowest BCUT2D eigenvalue weighted by molar-refractivity contribution is 0.159. The molecule has 1 heterocycles. The molecule has 1 aliphatic heterocycles. The monoisotopic (exact) mass is 682 g/mol. The minimum absolute atomic E-state index is 0.0666. The number of benzene rings is 5. The largest absolute Gasteiger partial charge is 0.508 e. The summed E-state index contributed by atoms with van der Waals surface area (Å²) in [7, 11) is -2.43. The molecule has 1 fully saturated rings. The summed E-state index contributed by atoms with van der Waals surface area (Å²) in [6, 6.07) is 35.1. The van der Waals surface area contributed by atoms with Gasteiger partial charge in [0, 0.05) is 18.3 Å². The predicted octanol–water partition coefficient (Wildman–Crippen LogP) is 7.72. The molecule has 3 unspecified atom stereocenters. The van der Waals surface area contributed by atoms with Crippen LogP contribution in [0.1, 0.15) is 42.5 Å². The number of phenols is 1. The second kappa shape index (κ2) is 14.0. The SMILES string of the molecule is CN1C(=S)N(c2ccc(-c3ccccc3)cc2)C(c2ccc(-c3ccc(P(=O)(O)O)cc3)cc2O)C1CCCC(O)c1ccc(F)cc1. The van der Waals surface area contributed by atoms with Crippen LogP contribution in [-0.2, 0) is 4.57 Å². The summed E-state index contributed by atoms with van der Waals surface area (Å²) in [5.41, 5.74) is 5.77. The molecule has 0 saturated carbocycles. The van der Waals surface area contributed by atoms with Crippen molar-refractivity contribution in [2.24, 2.45) is 0 Å². The van der Waals surface area contributed by atoms with Crippen molar-refractivity contribution in [1.82, 2.24) is 4.90 Å². The number of nitrogens with zero attached hydrogens (tertiary/aromatic N) is 2. The van der Waals surface area contributed by atoms with Gasteiger partial charge in [-0.05, 0) is 102 Å². The van der Waals surface area contributed by atoms with Crippen LogP contribution in [0.25, 0.3) is 22.3 Å². The Bertz CT molecular complexity index is 1940. The fraction of sp³-hybridized carbons (Fsp3) is 0.184. The van der Waals surface area contributed by atoms with Crippen LogP contribution in [-0.4, -0.2) is 43.1 Å². The first-order valence-electron chi connectivity index (χ1n) is 15.7. The van der Waals surface area contributed by atoms with Crippen molar-refractivity contribution in [3.63, 3.8) is 0 Å². The molecule has 5 aromatic carbocycles. The van der Waals surface area contributed by atoms with Crippen LogP contribution in [0.5, 0.6) is 5.75 Å². The topological polar surface area (TPSA) is 104 Å². The van der Waals surface area contributed by atoms with E-state index in [0.29, 0.717) is 46.6 Å². The Morgan fingerprint density at radius 2 is 1.40 bits per heavy atom. The molecule has 5 aromatic rings. The Kier molecular flexibility index (Phi) is 9.78. The maximum atomic E-state index is 13.4. The predicted molar refractivity (Wildman–Crippen MR) is 192 cm³/mol. The quantitative estimate of drug-likeness (QED) is 0.0878. The van der Waals surface area contributed by atoms with E-state index in [-0.39, 0.29) is 29.0 Å². The van der Waals surface area contributed by atoms with Crippen LogP contribution in [0.4, 0.5) is 10.1 Å². The van der Waals surface area contributed by atoms with E-state index in [1.165, 1.54) is 24.3 Å². The lowest BCUT2D eigenvalue weighted by Crippen LogP contribution is -2.30. The van der Waals surface area contributed by atoms with Crippen molar-refractivity contribution in [2.45, 2.75) is 37.5 Å². The molecule has 48 heavy (non-hydrogen) atoms. The van der Waals surface area contributed by atoms with Crippen LogP contribution in [0.15, 0.2) is 121 Å². The van der Waals surface area contributed by atoms with Crippen molar-refractivity contribution < 1.29 is 29.0 Å². The zero-order valence-electron chi connectivity index (χ0n) is 26.2. The van der Waals surface area contributed by atoms with Crippen LogP contribution < -0.4 is 10.2 Å². The highest BCUT2D eigenvalue weighted by Gasteiger charge is 2.44. The van der Waals surface area contributed by atoms with Gasteiger partial charge in [0.25, 0.3) is 0 Å². The lowest BCUT2D eigenvalue weighted by atomic mass is 9.91. The number of halogens is 1. The van der Waals surface area contributed by atoms with E-state index in [1.54, 1.807) is 30.3 Å². The third kappa shape index (κ3) is 7.06. The fourth-order valence-electron chi connectivity index (χ4n) is 6.42. The lowest BCUT2D eigenvalue weighted by Gasteiger charge is -2.29. The zero-order chi connectivity index (χ0) is 34.0. The molecule has 0 amide bonds. The molecule has 0 bridgehead atoms. The summed E-state index contributed by atoms with van der Waals surface area (Å²) in [4.78, 5) is 23.1. The molecule has 0 aliphatic carbocycles. The molecule has 246 valence electrons. The average Bonchev–Trinajstić information content (AvgIpc) is 3.33. The van der Waals surface area contributed by atoms with Gasteiger partial charge in [-0.25, -0.2) is 4.39 Å². The second-order valence-electron chi connectivity index (χ2n) is 12.1. The highest BCUT2D eigenvalue weighted by molar-refractivity contribution is 7.80. The van der Waals surface area contributed by atoms with Gasteiger partial charge in [0.2, 0.25) is 0 Å². The van der Waals surface area contributed by atoms with Crippen LogP contribution in [0, 0.1) is 5.82 Å². The number of hydrogen-bond donors (Lipinski definition) is 4. The van der Waals surface area contributed by atoms with Gasteiger partial charge in [0.15, 0.2) is 5.11 Å². The highest BCUT2D eigenvalue weighted by Crippen LogP contribution is 2.45. The number of aromatic hydroxyl groups is 1. The van der Waals surface area contributed by atoms with E-state index in [0.717, 1.165) is 16.8 Å². The third-order valence-electron chi connectivity index (χ3n) is 9.02. The van der Waals surface area contributed by atoms with Crippen LogP contribution >= 0.6 is 19.8 Å². The first-order valence-corrected chi connectivity index (χ1v) is 17.7. The Morgan fingerprint density at radius 3 is 2.02 bits per heavy atom. The summed E-state index contributed by atoms with van der Waals surface area (Å²) < 4.78 is 25.1. The molecule has 1 aliphatic rings. The average molecular weight is 683 g/mol. The Morgan fingerprint density at radius 1 is 0.812 bits per heavy atom. The summed E-state index contributed by atoms with van der Waals surface area (Å²) >= 11 is 6.03. The molecule has 4 N–H and O–H groups in total. The van der Waals surface area contributed by atoms with E-state index in [4.69, 9.17) is 12.2 Å². The van der Waals surface area contributed by atoms with Crippen molar-refractivity contribution in [2.75, 3.05) is 11.9 Å². The first-order chi connectivity index (χ1) is 23.0. The van der Waals surface area contributed by atoms with E-state index in [1.807, 2.05) is 54.4 Å². The highest BCUT2D eigenvalue weighted by atomic mass is 32.1. The van der Waals surface area contributed by atoms with Crippen molar-refractivity contribution in [3.8, 4) is 28.0 Å². The Balaban J connectivity index is 1.32. The van der Waals surface area contributed by atoms with Crippen molar-refractivity contribution in [1.29, 1.82) is 0 Å². The number of rotatable bonds is 10. The van der Waals surface area contributed by atoms with Gasteiger partial charge in [-0.3, -0.25) is 4.57 Å². The third-order valence-corrected chi connectivity index (χ3v) is 10.5. The second-order valence-corrected chi connectivity index (χ2v) is 14.0. The summed E-state index contributed by atoms with van der Waals surface area (Å²) in [5.74, 6) is -0.285. The minimum Gasteiger partial charge on any atom is -0.508 e. The van der Waals surface area contributed by atoms with Gasteiger partial charge in [-0.1, -0.05) is 78.9 Å². The number of hydrogen-bond acceptors (Lipinski definition) is 4. The molecule has 0 radical (unpaired) electrons. The van der Waals surface area contributed by atoms with Gasteiger partial charge in [0.05, 0.1) is 23.5 Å². The van der Waals surface area contributed by atoms with E-state index >= 15 is 0 Å². The van der Waals surface area contributed by atoms with E-state index < -0.39 is 13.7 Å². The van der Waals surface area contributed by atoms with E-state index in [2.05, 4.69) is 29.2 Å². The molecule has 3 atom stereocenters. The van der Waals surface area contributed by atoms with E-state index in [9.17, 15) is 29.0 Å². The van der Waals surface area contributed by atoms with Gasteiger partial charge in [0.1, 0.15) is 11.6 Å². The number of aliphatic hydroxyl groups excluding tert-OH is 1. The van der Waals surface area contributed by atoms with Crippen molar-refractivity contribution in [3.05, 3.63) is 138 Å². The van der Waals surface area contributed by atoms with Crippen LogP contribution in [0.2, 0.25) is 0 Å². The van der Waals surface area contributed by atoms with Gasteiger partial charge in [-0.2, -0.15) is 0 Å². The first kappa shape index (κ1) is 33.5. The molecular weight excluding hydrogens is 646 g/mol. The van der Waals surface area contributed by atoms with Gasteiger partial charge < -0.3 is 29.8 Å². The summed E-state index contributed by atoms with van der Waals surface area (Å²) in [6.45, 7) is 0. The number of phenolic OH excluding ortho intramolecular Hbond substituents is 1.